The van der Waals surface area contributed by atoms with Crippen molar-refractivity contribution in [2.45, 2.75) is 39.8 Å². The monoisotopic (exact) mass is 309 g/mol. The van der Waals surface area contributed by atoms with Crippen molar-refractivity contribution in [1.29, 1.82) is 0 Å². The Balaban J connectivity index is 0. The van der Waals surface area contributed by atoms with E-state index in [1.54, 1.807) is 12.3 Å². The normalized spacial score (nSPS) is 9.95. The minimum Gasteiger partial charge on any atom is -0.444 e. The van der Waals surface area contributed by atoms with Gasteiger partial charge in [-0.15, -0.1) is 24.8 Å². The van der Waals surface area contributed by atoms with Gasteiger partial charge in [-0.05, 0) is 44.9 Å². The van der Waals surface area contributed by atoms with Crippen LogP contribution in [-0.4, -0.2) is 16.7 Å². The van der Waals surface area contributed by atoms with Crippen LogP contribution < -0.4 is 11.1 Å². The summed E-state index contributed by atoms with van der Waals surface area (Å²) in [5.41, 5.74) is 6.97. The van der Waals surface area contributed by atoms with E-state index in [2.05, 4.69) is 10.3 Å². The molecule has 0 aliphatic heterocycles. The molecule has 1 rings (SSSR count). The highest BCUT2D eigenvalue weighted by Crippen LogP contribution is 2.13. The van der Waals surface area contributed by atoms with Gasteiger partial charge < -0.3 is 10.5 Å². The first-order valence-corrected chi connectivity index (χ1v) is 5.47. The number of amides is 1. The number of ether oxygens (including phenoxy) is 1. The number of nitrogens with two attached hydrogens (primary N) is 1. The van der Waals surface area contributed by atoms with Crippen LogP contribution >= 0.6 is 24.8 Å². The molecule has 1 amide bonds. The van der Waals surface area contributed by atoms with Crippen LogP contribution in [0, 0.1) is 6.92 Å². The van der Waals surface area contributed by atoms with Crippen LogP contribution in [0.4, 0.5) is 10.6 Å². The van der Waals surface area contributed by atoms with E-state index >= 15 is 0 Å². The summed E-state index contributed by atoms with van der Waals surface area (Å²) >= 11 is 0. The number of pyridine rings is 1. The Labute approximate surface area is 126 Å². The van der Waals surface area contributed by atoms with Crippen LogP contribution in [0.25, 0.3) is 0 Å². The average Bonchev–Trinajstić information content (AvgIpc) is 2.14. The fourth-order valence-electron chi connectivity index (χ4n) is 1.27. The van der Waals surface area contributed by atoms with Crippen molar-refractivity contribution in [2.75, 3.05) is 5.32 Å². The third kappa shape index (κ3) is 7.20. The van der Waals surface area contributed by atoms with Gasteiger partial charge in [-0.1, -0.05) is 0 Å². The van der Waals surface area contributed by atoms with Crippen molar-refractivity contribution in [3.63, 3.8) is 0 Å². The second-order valence-electron chi connectivity index (χ2n) is 4.83. The zero-order valence-corrected chi connectivity index (χ0v) is 13.2. The van der Waals surface area contributed by atoms with E-state index in [0.717, 1.165) is 11.1 Å². The molecule has 0 fully saturated rings. The topological polar surface area (TPSA) is 77.2 Å². The molecule has 110 valence electrons. The molecule has 0 aromatic carbocycles. The van der Waals surface area contributed by atoms with E-state index in [0.29, 0.717) is 12.4 Å². The van der Waals surface area contributed by atoms with Gasteiger partial charge >= 0.3 is 6.09 Å². The second-order valence-corrected chi connectivity index (χ2v) is 4.83. The van der Waals surface area contributed by atoms with E-state index in [9.17, 15) is 4.79 Å². The molecule has 0 saturated heterocycles. The smallest absolute Gasteiger partial charge is 0.413 e. The van der Waals surface area contributed by atoms with Crippen LogP contribution in [0.3, 0.4) is 0 Å². The molecule has 19 heavy (non-hydrogen) atoms. The summed E-state index contributed by atoms with van der Waals surface area (Å²) in [5.74, 6) is 0.467. The van der Waals surface area contributed by atoms with E-state index in [1.165, 1.54) is 0 Å². The number of aromatic nitrogens is 1. The Morgan fingerprint density at radius 3 is 2.42 bits per heavy atom. The van der Waals surface area contributed by atoms with Crippen LogP contribution in [0.5, 0.6) is 0 Å². The van der Waals surface area contributed by atoms with E-state index in [1.807, 2.05) is 27.7 Å². The summed E-state index contributed by atoms with van der Waals surface area (Å²) in [6.45, 7) is 7.78. The first kappa shape index (κ1) is 20.3. The van der Waals surface area contributed by atoms with Crippen LogP contribution in [-0.2, 0) is 11.3 Å². The standard InChI is InChI=1S/C12H19N3O2.2ClH/c1-8-5-10(14-7-9(8)6-13)15-11(16)17-12(2,3)4;;/h5,7H,6,13H2,1-4H3,(H,14,15,16);2*1H. The predicted molar refractivity (Wildman–Crippen MR) is 81.2 cm³/mol. The van der Waals surface area contributed by atoms with Gasteiger partial charge in [0.1, 0.15) is 11.4 Å². The number of aryl methyl sites for hydroxylation is 1. The van der Waals surface area contributed by atoms with Gasteiger partial charge in [0, 0.05) is 12.7 Å². The molecule has 7 heteroatoms. The van der Waals surface area contributed by atoms with Crippen molar-refractivity contribution in [3.8, 4) is 0 Å². The molecule has 5 nitrogen and oxygen atoms in total. The van der Waals surface area contributed by atoms with Gasteiger partial charge in [-0.3, -0.25) is 5.32 Å². The Kier molecular flexibility index (Phi) is 8.75. The molecule has 1 heterocycles. The number of halogens is 2. The molecule has 0 atom stereocenters. The quantitative estimate of drug-likeness (QED) is 0.880. The minimum atomic E-state index is -0.518. The third-order valence-electron chi connectivity index (χ3n) is 2.07. The number of nitrogens with one attached hydrogen (secondary N) is 1. The number of carbonyl (C=O) groups excluding carboxylic acids is 1. The molecule has 1 aromatic rings. The molecule has 0 unspecified atom stereocenters. The SMILES string of the molecule is Cc1cc(NC(=O)OC(C)(C)C)ncc1CN.Cl.Cl. The largest absolute Gasteiger partial charge is 0.444 e. The molecule has 0 aliphatic carbocycles. The van der Waals surface area contributed by atoms with Gasteiger partial charge in [0.05, 0.1) is 0 Å². The molecule has 3 N–H and O–H groups in total. The number of anilines is 1. The second kappa shape index (κ2) is 8.19. The fourth-order valence-corrected chi connectivity index (χ4v) is 1.27. The maximum Gasteiger partial charge on any atom is 0.413 e. The number of carbonyl (C=O) groups is 1. The number of rotatable bonds is 2. The van der Waals surface area contributed by atoms with Gasteiger partial charge in [0.25, 0.3) is 0 Å². The molecular weight excluding hydrogens is 289 g/mol. The highest BCUT2D eigenvalue weighted by atomic mass is 35.5. The molecule has 0 bridgehead atoms. The van der Waals surface area contributed by atoms with Crippen LogP contribution in [0.2, 0.25) is 0 Å². The van der Waals surface area contributed by atoms with E-state index < -0.39 is 11.7 Å². The Morgan fingerprint density at radius 1 is 1.42 bits per heavy atom. The Bertz CT molecular complexity index is 420. The highest BCUT2D eigenvalue weighted by molar-refractivity contribution is 5.85. The van der Waals surface area contributed by atoms with Gasteiger partial charge in [0.15, 0.2) is 0 Å². The van der Waals surface area contributed by atoms with Crippen LogP contribution in [0.15, 0.2) is 12.3 Å². The Hall–Kier alpha value is -1.04. The molecule has 0 radical (unpaired) electrons. The van der Waals surface area contributed by atoms with E-state index in [-0.39, 0.29) is 24.8 Å². The lowest BCUT2D eigenvalue weighted by atomic mass is 10.1. The van der Waals surface area contributed by atoms with Crippen molar-refractivity contribution in [2.24, 2.45) is 5.73 Å². The number of hydrogen-bond donors (Lipinski definition) is 2. The van der Waals surface area contributed by atoms with Gasteiger partial charge in [-0.25, -0.2) is 9.78 Å². The highest BCUT2D eigenvalue weighted by Gasteiger charge is 2.16. The number of hydrogen-bond acceptors (Lipinski definition) is 4. The lowest BCUT2D eigenvalue weighted by Crippen LogP contribution is -2.27. The van der Waals surface area contributed by atoms with Crippen LogP contribution in [0.1, 0.15) is 31.9 Å². The first-order valence-electron chi connectivity index (χ1n) is 5.47. The summed E-state index contributed by atoms with van der Waals surface area (Å²) in [7, 11) is 0. The summed E-state index contributed by atoms with van der Waals surface area (Å²) < 4.78 is 5.12. The molecule has 0 saturated carbocycles. The molecular formula is C12H21Cl2N3O2. The lowest BCUT2D eigenvalue weighted by Gasteiger charge is -2.19. The van der Waals surface area contributed by atoms with Crippen molar-refractivity contribution in [3.05, 3.63) is 23.4 Å². The predicted octanol–water partition coefficient (Wildman–Crippen LogP) is 3.04. The third-order valence-corrected chi connectivity index (χ3v) is 2.07. The molecule has 0 aliphatic rings. The zero-order valence-electron chi connectivity index (χ0n) is 11.5. The fraction of sp³-hybridized carbons (Fsp3) is 0.500. The van der Waals surface area contributed by atoms with Gasteiger partial charge in [-0.2, -0.15) is 0 Å². The lowest BCUT2D eigenvalue weighted by molar-refractivity contribution is 0.0635. The average molecular weight is 310 g/mol. The van der Waals surface area contributed by atoms with Crippen molar-refractivity contribution < 1.29 is 9.53 Å². The summed E-state index contributed by atoms with van der Waals surface area (Å²) in [4.78, 5) is 15.6. The van der Waals surface area contributed by atoms with Crippen molar-refractivity contribution >= 4 is 36.7 Å². The minimum absolute atomic E-state index is 0. The summed E-state index contributed by atoms with van der Waals surface area (Å²) in [5, 5.41) is 2.58. The first-order chi connectivity index (χ1) is 7.81. The molecule has 1 aromatic heterocycles. The van der Waals surface area contributed by atoms with Gasteiger partial charge in [0.2, 0.25) is 0 Å². The maximum absolute atomic E-state index is 11.5. The number of nitrogens with zero attached hydrogens (tertiary/aromatic N) is 1. The summed E-state index contributed by atoms with van der Waals surface area (Å²) in [6.07, 6.45) is 1.15. The van der Waals surface area contributed by atoms with Crippen molar-refractivity contribution in [1.82, 2.24) is 4.98 Å². The molecule has 0 spiro atoms. The Morgan fingerprint density at radius 2 is 2.00 bits per heavy atom. The van der Waals surface area contributed by atoms with E-state index in [4.69, 9.17) is 10.5 Å². The summed E-state index contributed by atoms with van der Waals surface area (Å²) in [6, 6.07) is 1.77. The maximum atomic E-state index is 11.5. The zero-order chi connectivity index (χ0) is 13.1.